The van der Waals surface area contributed by atoms with E-state index in [1.54, 1.807) is 56.6 Å². The highest BCUT2D eigenvalue weighted by Crippen LogP contribution is 2.40. The van der Waals surface area contributed by atoms with Crippen LogP contribution in [-0.2, 0) is 10.3 Å². The number of nitrogens with zero attached hydrogens (tertiary/aromatic N) is 5. The molecule has 9 nitrogen and oxygen atoms in total. The summed E-state index contributed by atoms with van der Waals surface area (Å²) in [7, 11) is 0. The predicted molar refractivity (Wildman–Crippen MR) is 115 cm³/mol. The molecule has 1 aliphatic heterocycles. The number of rotatable bonds is 5. The molecule has 0 spiro atoms. The molecule has 4 heterocycles. The van der Waals surface area contributed by atoms with E-state index in [0.29, 0.717) is 33.9 Å². The Bertz CT molecular complexity index is 1340. The molecule has 1 aliphatic rings. The monoisotopic (exact) mass is 469 g/mol. The maximum absolute atomic E-state index is 13.0. The van der Waals surface area contributed by atoms with E-state index in [-0.39, 0.29) is 18.2 Å². The number of imidazole rings is 1. The minimum Gasteiger partial charge on any atom is -0.434 e. The van der Waals surface area contributed by atoms with E-state index < -0.39 is 24.4 Å². The number of aliphatic hydroxyl groups excluding tert-OH is 1. The lowest BCUT2D eigenvalue weighted by molar-refractivity contribution is -0.0549. The van der Waals surface area contributed by atoms with Gasteiger partial charge in [0.15, 0.2) is 11.5 Å². The Morgan fingerprint density at radius 1 is 1.15 bits per heavy atom. The summed E-state index contributed by atoms with van der Waals surface area (Å²) in [6, 6.07) is 9.77. The Kier molecular flexibility index (Phi) is 5.47. The normalized spacial score (nSPS) is 18.3. The summed E-state index contributed by atoms with van der Waals surface area (Å²) in [5.74, 6) is 0.233. The van der Waals surface area contributed by atoms with Gasteiger partial charge >= 0.3 is 6.61 Å². The lowest BCUT2D eigenvalue weighted by atomic mass is 10.00. The minimum atomic E-state index is -3.01. The molecule has 0 saturated carbocycles. The fraction of sp³-hybridized carbons (Fsp3) is 0.304. The summed E-state index contributed by atoms with van der Waals surface area (Å²) in [6.45, 7) is 0.105. The molecule has 176 valence electrons. The van der Waals surface area contributed by atoms with Crippen LogP contribution in [0.1, 0.15) is 48.8 Å². The third-order valence-corrected chi connectivity index (χ3v) is 5.44. The van der Waals surface area contributed by atoms with Gasteiger partial charge in [0.1, 0.15) is 29.3 Å². The summed E-state index contributed by atoms with van der Waals surface area (Å²) in [5.41, 5.74) is 1.48. The van der Waals surface area contributed by atoms with Gasteiger partial charge in [-0.3, -0.25) is 0 Å². The highest BCUT2D eigenvalue weighted by molar-refractivity contribution is 5.59. The van der Waals surface area contributed by atoms with Crippen molar-refractivity contribution in [1.82, 2.24) is 24.6 Å². The molecule has 0 amide bonds. The van der Waals surface area contributed by atoms with Crippen molar-refractivity contribution in [3.63, 3.8) is 0 Å². The third kappa shape index (κ3) is 3.98. The molecular formula is C23H21F2N5O4. The molecule has 0 fully saturated rings. The Morgan fingerprint density at radius 2 is 1.88 bits per heavy atom. The van der Waals surface area contributed by atoms with Crippen LogP contribution in [0.5, 0.6) is 5.75 Å². The zero-order valence-electron chi connectivity index (χ0n) is 18.3. The first-order valence-electron chi connectivity index (χ1n) is 10.5. The first kappa shape index (κ1) is 22.3. The van der Waals surface area contributed by atoms with E-state index in [1.165, 1.54) is 10.6 Å². The van der Waals surface area contributed by atoms with Gasteiger partial charge in [-0.2, -0.15) is 13.9 Å². The number of aliphatic hydroxyl groups is 2. The number of hydrogen-bond acceptors (Lipinski definition) is 8. The van der Waals surface area contributed by atoms with Crippen molar-refractivity contribution in [3.05, 3.63) is 71.6 Å². The van der Waals surface area contributed by atoms with Crippen molar-refractivity contribution < 1.29 is 28.5 Å². The number of para-hydroxylation sites is 1. The second-order valence-electron chi connectivity index (χ2n) is 8.37. The lowest BCUT2D eigenvalue weighted by Crippen LogP contribution is -2.24. The van der Waals surface area contributed by atoms with Crippen LogP contribution in [0.3, 0.4) is 0 Å². The van der Waals surface area contributed by atoms with Gasteiger partial charge in [0.25, 0.3) is 0 Å². The first-order chi connectivity index (χ1) is 16.2. The van der Waals surface area contributed by atoms with E-state index in [1.807, 2.05) is 0 Å². The van der Waals surface area contributed by atoms with Gasteiger partial charge in [0, 0.05) is 23.5 Å². The van der Waals surface area contributed by atoms with Crippen molar-refractivity contribution in [2.45, 2.75) is 38.3 Å². The number of benzene rings is 1. The quantitative estimate of drug-likeness (QED) is 0.458. The van der Waals surface area contributed by atoms with Gasteiger partial charge in [0.2, 0.25) is 0 Å². The van der Waals surface area contributed by atoms with E-state index in [4.69, 9.17) is 9.47 Å². The Morgan fingerprint density at radius 3 is 2.59 bits per heavy atom. The summed E-state index contributed by atoms with van der Waals surface area (Å²) in [6.07, 6.45) is 1.24. The third-order valence-electron chi connectivity index (χ3n) is 5.44. The van der Waals surface area contributed by atoms with Crippen LogP contribution in [0, 0.1) is 0 Å². The molecule has 11 heteroatoms. The molecule has 2 atom stereocenters. The maximum atomic E-state index is 13.0. The highest BCUT2D eigenvalue weighted by Gasteiger charge is 2.35. The minimum absolute atomic E-state index is 0.0356. The van der Waals surface area contributed by atoms with Crippen LogP contribution in [0.2, 0.25) is 0 Å². The smallest absolute Gasteiger partial charge is 0.387 e. The summed E-state index contributed by atoms with van der Waals surface area (Å²) in [4.78, 5) is 12.9. The predicted octanol–water partition coefficient (Wildman–Crippen LogP) is 3.17. The van der Waals surface area contributed by atoms with Crippen LogP contribution in [-0.4, -0.2) is 48.0 Å². The first-order valence-corrected chi connectivity index (χ1v) is 10.5. The number of alkyl halides is 2. The van der Waals surface area contributed by atoms with Crippen LogP contribution < -0.4 is 4.74 Å². The molecule has 3 aromatic heterocycles. The van der Waals surface area contributed by atoms with E-state index in [2.05, 4.69) is 20.1 Å². The fourth-order valence-electron chi connectivity index (χ4n) is 3.87. The zero-order valence-corrected chi connectivity index (χ0v) is 18.3. The van der Waals surface area contributed by atoms with Crippen LogP contribution in [0.15, 0.2) is 48.8 Å². The van der Waals surface area contributed by atoms with E-state index in [0.717, 1.165) is 0 Å². The highest BCUT2D eigenvalue weighted by atomic mass is 19.3. The average molecular weight is 469 g/mol. The van der Waals surface area contributed by atoms with Gasteiger partial charge in [-0.05, 0) is 32.0 Å². The standard InChI is InChI=1S/C23H21F2N5O4/c1-23(2,32)21-26-9-12(10-27-21)14-7-8-17-28-18-15(31)11-33-20(19(18)30(17)29-14)13-5-3-4-6-16(13)34-22(24)25/h3-10,15,20,22,31-32H,11H2,1-2H3/t15-,20-/m0/s1. The fourth-order valence-corrected chi connectivity index (χ4v) is 3.87. The molecule has 0 bridgehead atoms. The molecule has 0 radical (unpaired) electrons. The van der Waals surface area contributed by atoms with Crippen molar-refractivity contribution in [2.75, 3.05) is 6.61 Å². The van der Waals surface area contributed by atoms with Gasteiger partial charge in [-0.1, -0.05) is 18.2 Å². The molecule has 2 N–H and O–H groups in total. The lowest BCUT2D eigenvalue weighted by Gasteiger charge is -2.27. The van der Waals surface area contributed by atoms with E-state index >= 15 is 0 Å². The summed E-state index contributed by atoms with van der Waals surface area (Å²) < 4.78 is 38.1. The number of ether oxygens (including phenoxy) is 2. The van der Waals surface area contributed by atoms with E-state index in [9.17, 15) is 19.0 Å². The Hall–Kier alpha value is -3.54. The van der Waals surface area contributed by atoms with Crippen molar-refractivity contribution in [2.24, 2.45) is 0 Å². The van der Waals surface area contributed by atoms with Crippen molar-refractivity contribution in [1.29, 1.82) is 0 Å². The summed E-state index contributed by atoms with van der Waals surface area (Å²) in [5, 5.41) is 25.2. The molecule has 5 rings (SSSR count). The largest absolute Gasteiger partial charge is 0.434 e. The number of halogens is 2. The van der Waals surface area contributed by atoms with Gasteiger partial charge < -0.3 is 19.7 Å². The van der Waals surface area contributed by atoms with Gasteiger partial charge in [-0.15, -0.1) is 0 Å². The number of hydrogen-bond donors (Lipinski definition) is 2. The van der Waals surface area contributed by atoms with Crippen LogP contribution in [0.4, 0.5) is 8.78 Å². The Labute approximate surface area is 192 Å². The summed E-state index contributed by atoms with van der Waals surface area (Å²) >= 11 is 0. The number of fused-ring (bicyclic) bond motifs is 3. The molecular weight excluding hydrogens is 448 g/mol. The zero-order chi connectivity index (χ0) is 24.0. The van der Waals surface area contributed by atoms with Crippen LogP contribution >= 0.6 is 0 Å². The van der Waals surface area contributed by atoms with Gasteiger partial charge in [0.05, 0.1) is 18.0 Å². The van der Waals surface area contributed by atoms with Crippen molar-refractivity contribution in [3.8, 4) is 17.0 Å². The molecule has 0 aliphatic carbocycles. The second-order valence-corrected chi connectivity index (χ2v) is 8.37. The average Bonchev–Trinajstić information content (AvgIpc) is 3.19. The maximum Gasteiger partial charge on any atom is 0.387 e. The molecule has 4 aromatic rings. The molecule has 34 heavy (non-hydrogen) atoms. The molecule has 0 saturated heterocycles. The number of aromatic nitrogens is 5. The van der Waals surface area contributed by atoms with Crippen LogP contribution in [0.25, 0.3) is 16.9 Å². The SMILES string of the molecule is CC(C)(O)c1ncc(-c2ccc3nc4c(n3n2)[C@H](c2ccccc2OC(F)F)OC[C@@H]4O)cn1. The molecule has 0 unspecified atom stereocenters. The molecule has 1 aromatic carbocycles. The van der Waals surface area contributed by atoms with Gasteiger partial charge in [-0.25, -0.2) is 19.5 Å². The Balaban J connectivity index is 1.63. The topological polar surface area (TPSA) is 115 Å². The van der Waals surface area contributed by atoms with Crippen molar-refractivity contribution >= 4 is 5.65 Å². The second kappa shape index (κ2) is 8.35.